The van der Waals surface area contributed by atoms with Gasteiger partial charge < -0.3 is 15.4 Å². The molecule has 1 aliphatic heterocycles. The summed E-state index contributed by atoms with van der Waals surface area (Å²) in [6.07, 6.45) is 2.91. The van der Waals surface area contributed by atoms with Crippen molar-refractivity contribution in [1.82, 2.24) is 4.90 Å². The molecule has 2 N–H and O–H groups in total. The largest absolute Gasteiger partial charge is 0.497 e. The molecule has 1 fully saturated rings. The monoisotopic (exact) mass is 262 g/mol. The van der Waals surface area contributed by atoms with Crippen LogP contribution in [0.1, 0.15) is 18.4 Å². The smallest absolute Gasteiger partial charge is 0.227 e. The van der Waals surface area contributed by atoms with Gasteiger partial charge in [0.2, 0.25) is 5.91 Å². The van der Waals surface area contributed by atoms with Gasteiger partial charge in [-0.05, 0) is 37.0 Å². The predicted molar refractivity (Wildman–Crippen MR) is 75.1 cm³/mol. The van der Waals surface area contributed by atoms with Gasteiger partial charge in [0, 0.05) is 19.6 Å². The van der Waals surface area contributed by atoms with E-state index in [1.165, 1.54) is 0 Å². The molecule has 1 amide bonds. The van der Waals surface area contributed by atoms with Crippen LogP contribution in [0.2, 0.25) is 0 Å². The summed E-state index contributed by atoms with van der Waals surface area (Å²) >= 11 is 0. The number of hydrogen-bond acceptors (Lipinski definition) is 3. The van der Waals surface area contributed by atoms with Crippen molar-refractivity contribution in [1.29, 1.82) is 0 Å². The molecule has 2 rings (SSSR count). The number of carbonyl (C=O) groups is 1. The van der Waals surface area contributed by atoms with Gasteiger partial charge >= 0.3 is 0 Å². The van der Waals surface area contributed by atoms with Crippen LogP contribution in [0.5, 0.6) is 5.75 Å². The third-order valence-electron chi connectivity index (χ3n) is 3.67. The fraction of sp³-hybridized carbons (Fsp3) is 0.533. The average Bonchev–Trinajstić information content (AvgIpc) is 2.98. The molecule has 0 bridgehead atoms. The van der Waals surface area contributed by atoms with Crippen LogP contribution in [-0.4, -0.2) is 37.6 Å². The van der Waals surface area contributed by atoms with Crippen molar-refractivity contribution in [3.05, 3.63) is 29.8 Å². The lowest BCUT2D eigenvalue weighted by atomic mass is 9.98. The van der Waals surface area contributed by atoms with Gasteiger partial charge in [0.05, 0.1) is 13.0 Å². The molecular formula is C15H22N2O2. The Balaban J connectivity index is 2.03. The summed E-state index contributed by atoms with van der Waals surface area (Å²) in [5, 5.41) is 0. The highest BCUT2D eigenvalue weighted by Gasteiger charge is 2.25. The number of hydrogen-bond donors (Lipinski definition) is 1. The maximum Gasteiger partial charge on any atom is 0.227 e. The van der Waals surface area contributed by atoms with E-state index in [0.717, 1.165) is 37.2 Å². The number of carbonyl (C=O) groups excluding carboxylic acids is 1. The maximum absolute atomic E-state index is 12.4. The molecule has 19 heavy (non-hydrogen) atoms. The number of ether oxygens (including phenoxy) is 1. The molecule has 1 heterocycles. The second-order valence-electron chi connectivity index (χ2n) is 5.02. The van der Waals surface area contributed by atoms with Gasteiger partial charge in [-0.3, -0.25) is 4.79 Å². The second-order valence-corrected chi connectivity index (χ2v) is 5.02. The van der Waals surface area contributed by atoms with E-state index in [4.69, 9.17) is 10.5 Å². The van der Waals surface area contributed by atoms with E-state index in [2.05, 4.69) is 0 Å². The van der Waals surface area contributed by atoms with Gasteiger partial charge in [-0.15, -0.1) is 0 Å². The predicted octanol–water partition coefficient (Wildman–Crippen LogP) is 1.43. The average molecular weight is 262 g/mol. The molecule has 104 valence electrons. The first-order valence-corrected chi connectivity index (χ1v) is 6.86. The Morgan fingerprint density at radius 3 is 2.79 bits per heavy atom. The number of amides is 1. The van der Waals surface area contributed by atoms with Crippen molar-refractivity contribution >= 4 is 5.91 Å². The Bertz CT molecular complexity index is 428. The summed E-state index contributed by atoms with van der Waals surface area (Å²) in [7, 11) is 1.65. The lowest BCUT2D eigenvalue weighted by Gasteiger charge is -2.22. The zero-order valence-electron chi connectivity index (χ0n) is 11.5. The van der Waals surface area contributed by atoms with Crippen LogP contribution < -0.4 is 10.5 Å². The van der Waals surface area contributed by atoms with Crippen molar-refractivity contribution < 1.29 is 9.53 Å². The quantitative estimate of drug-likeness (QED) is 0.873. The van der Waals surface area contributed by atoms with Crippen LogP contribution in [0.25, 0.3) is 0 Å². The number of nitrogens with zero attached hydrogens (tertiary/aromatic N) is 1. The lowest BCUT2D eigenvalue weighted by molar-refractivity contribution is -0.134. The van der Waals surface area contributed by atoms with E-state index >= 15 is 0 Å². The van der Waals surface area contributed by atoms with Gasteiger partial charge in [-0.1, -0.05) is 12.1 Å². The molecular weight excluding hydrogens is 240 g/mol. The molecule has 0 aliphatic carbocycles. The number of nitrogens with two attached hydrogens (primary N) is 1. The van der Waals surface area contributed by atoms with Crippen molar-refractivity contribution in [2.24, 2.45) is 11.7 Å². The Hall–Kier alpha value is -1.55. The fourth-order valence-electron chi connectivity index (χ4n) is 2.55. The van der Waals surface area contributed by atoms with Crippen molar-refractivity contribution in [2.45, 2.75) is 19.3 Å². The molecule has 1 aromatic rings. The van der Waals surface area contributed by atoms with Crippen molar-refractivity contribution in [3.8, 4) is 5.75 Å². The zero-order valence-corrected chi connectivity index (χ0v) is 11.5. The number of benzene rings is 1. The minimum Gasteiger partial charge on any atom is -0.497 e. The minimum atomic E-state index is -0.120. The fourth-order valence-corrected chi connectivity index (χ4v) is 2.55. The minimum absolute atomic E-state index is 0.120. The van der Waals surface area contributed by atoms with Gasteiger partial charge in [0.25, 0.3) is 0 Å². The van der Waals surface area contributed by atoms with Crippen LogP contribution in [-0.2, 0) is 11.2 Å². The van der Waals surface area contributed by atoms with Crippen molar-refractivity contribution in [3.63, 3.8) is 0 Å². The molecule has 1 aliphatic rings. The Morgan fingerprint density at radius 2 is 2.16 bits per heavy atom. The SMILES string of the molecule is COc1cccc(CC(CN)C(=O)N2CCCC2)c1. The lowest BCUT2D eigenvalue weighted by Crippen LogP contribution is -2.38. The maximum atomic E-state index is 12.4. The first kappa shape index (κ1) is 13.9. The summed E-state index contributed by atoms with van der Waals surface area (Å²) in [5.41, 5.74) is 6.88. The molecule has 4 heteroatoms. The highest BCUT2D eigenvalue weighted by atomic mass is 16.5. The third kappa shape index (κ3) is 3.47. The summed E-state index contributed by atoms with van der Waals surface area (Å²) < 4.78 is 5.20. The highest BCUT2D eigenvalue weighted by Crippen LogP contribution is 2.18. The van der Waals surface area contributed by atoms with Crippen LogP contribution >= 0.6 is 0 Å². The van der Waals surface area contributed by atoms with Gasteiger partial charge in [0.15, 0.2) is 0 Å². The number of methoxy groups -OCH3 is 1. The highest BCUT2D eigenvalue weighted by molar-refractivity contribution is 5.79. The molecule has 4 nitrogen and oxygen atoms in total. The first-order valence-electron chi connectivity index (χ1n) is 6.86. The molecule has 1 saturated heterocycles. The number of rotatable bonds is 5. The van der Waals surface area contributed by atoms with Gasteiger partial charge in [0.1, 0.15) is 5.75 Å². The normalized spacial score (nSPS) is 16.4. The standard InChI is InChI=1S/C15H22N2O2/c1-19-14-6-4-5-12(10-14)9-13(11-16)15(18)17-7-2-3-8-17/h4-6,10,13H,2-3,7-9,11,16H2,1H3. The zero-order chi connectivity index (χ0) is 13.7. The molecule has 0 aromatic heterocycles. The summed E-state index contributed by atoms with van der Waals surface area (Å²) in [6, 6.07) is 7.84. The third-order valence-corrected chi connectivity index (χ3v) is 3.67. The molecule has 1 aromatic carbocycles. The molecule has 1 unspecified atom stereocenters. The molecule has 0 saturated carbocycles. The summed E-state index contributed by atoms with van der Waals surface area (Å²) in [5.74, 6) is 0.898. The first-order chi connectivity index (χ1) is 9.24. The second kappa shape index (κ2) is 6.57. The Labute approximate surface area is 114 Å². The molecule has 0 spiro atoms. The topological polar surface area (TPSA) is 55.6 Å². The van der Waals surface area contributed by atoms with Crippen molar-refractivity contribution in [2.75, 3.05) is 26.7 Å². The van der Waals surface area contributed by atoms with E-state index < -0.39 is 0 Å². The van der Waals surface area contributed by atoms with E-state index in [0.29, 0.717) is 13.0 Å². The van der Waals surface area contributed by atoms with Crippen LogP contribution in [0.4, 0.5) is 0 Å². The Morgan fingerprint density at radius 1 is 1.42 bits per heavy atom. The van der Waals surface area contributed by atoms with E-state index in [9.17, 15) is 4.79 Å². The molecule has 1 atom stereocenters. The van der Waals surface area contributed by atoms with Crippen LogP contribution in [0.15, 0.2) is 24.3 Å². The van der Waals surface area contributed by atoms with Crippen LogP contribution in [0.3, 0.4) is 0 Å². The van der Waals surface area contributed by atoms with Crippen LogP contribution in [0, 0.1) is 5.92 Å². The molecule has 0 radical (unpaired) electrons. The number of likely N-dealkylation sites (tertiary alicyclic amines) is 1. The van der Waals surface area contributed by atoms with Gasteiger partial charge in [-0.25, -0.2) is 0 Å². The van der Waals surface area contributed by atoms with E-state index in [1.54, 1.807) is 7.11 Å². The van der Waals surface area contributed by atoms with E-state index in [1.807, 2.05) is 29.2 Å². The van der Waals surface area contributed by atoms with Gasteiger partial charge in [-0.2, -0.15) is 0 Å². The Kier molecular flexibility index (Phi) is 4.80. The van der Waals surface area contributed by atoms with E-state index in [-0.39, 0.29) is 11.8 Å². The summed E-state index contributed by atoms with van der Waals surface area (Å²) in [6.45, 7) is 2.16. The summed E-state index contributed by atoms with van der Waals surface area (Å²) in [4.78, 5) is 14.3.